The number of nitrogens with zero attached hydrogens (tertiary/aromatic N) is 1. The molecule has 0 bridgehead atoms. The van der Waals surface area contributed by atoms with E-state index in [1.54, 1.807) is 0 Å². The maximum absolute atomic E-state index is 5.83. The van der Waals surface area contributed by atoms with Gasteiger partial charge < -0.3 is 0 Å². The van der Waals surface area contributed by atoms with Crippen LogP contribution in [-0.4, -0.2) is 24.4 Å². The molecule has 8 heavy (non-hydrogen) atoms. The van der Waals surface area contributed by atoms with Gasteiger partial charge in [-0.05, 0) is 6.66 Å². The molecule has 0 aliphatic carbocycles. The lowest BCUT2D eigenvalue weighted by Crippen LogP contribution is -2.13. The van der Waals surface area contributed by atoms with Crippen molar-refractivity contribution >= 4 is 18.7 Å². The van der Waals surface area contributed by atoms with Gasteiger partial charge in [0.05, 0.1) is 7.43 Å². The van der Waals surface area contributed by atoms with E-state index in [1.807, 2.05) is 0 Å². The second-order valence-electron chi connectivity index (χ2n) is 1.58. The molecule has 0 aliphatic rings. The lowest BCUT2D eigenvalue weighted by atomic mass is 10.7. The van der Waals surface area contributed by atoms with Crippen LogP contribution in [0, 0.1) is 0 Å². The molecule has 3 heteroatoms. The van der Waals surface area contributed by atoms with Crippen LogP contribution in [0.15, 0.2) is 0 Å². The van der Waals surface area contributed by atoms with Gasteiger partial charge in [0, 0.05) is 13.1 Å². The molecular weight excluding hydrogens is 140 g/mol. The van der Waals surface area contributed by atoms with Crippen molar-refractivity contribution in [2.24, 2.45) is 0 Å². The maximum atomic E-state index is 5.83. The van der Waals surface area contributed by atoms with Crippen molar-refractivity contribution in [1.29, 1.82) is 0 Å². The van der Waals surface area contributed by atoms with Gasteiger partial charge in [0.2, 0.25) is 0 Å². The molecule has 0 saturated heterocycles. The Morgan fingerprint density at radius 3 is 1.75 bits per heavy atom. The standard InChI is InChI=1S/C5H13ClNP/c1-4-7(5-2)8(3)6/h4-5H2,1-3H3. The zero-order valence-electron chi connectivity index (χ0n) is 5.69. The molecule has 0 aromatic heterocycles. The van der Waals surface area contributed by atoms with E-state index in [0.29, 0.717) is 0 Å². The summed E-state index contributed by atoms with van der Waals surface area (Å²) < 4.78 is 2.25. The van der Waals surface area contributed by atoms with Crippen LogP contribution in [0.2, 0.25) is 0 Å². The van der Waals surface area contributed by atoms with E-state index < -0.39 is 0 Å². The van der Waals surface area contributed by atoms with Gasteiger partial charge in [-0.2, -0.15) is 0 Å². The third kappa shape index (κ3) is 2.86. The molecule has 0 amide bonds. The van der Waals surface area contributed by atoms with E-state index in [0.717, 1.165) is 13.1 Å². The minimum absolute atomic E-state index is 0.359. The molecule has 0 rings (SSSR count). The normalized spacial score (nSPS) is 14.6. The van der Waals surface area contributed by atoms with Crippen LogP contribution < -0.4 is 0 Å². The van der Waals surface area contributed by atoms with E-state index in [1.165, 1.54) is 0 Å². The molecule has 0 spiro atoms. The number of hydrogen-bond donors (Lipinski definition) is 0. The molecule has 0 radical (unpaired) electrons. The summed E-state index contributed by atoms with van der Waals surface area (Å²) >= 11 is 5.83. The van der Waals surface area contributed by atoms with Crippen LogP contribution in [0.4, 0.5) is 0 Å². The average Bonchev–Trinajstić information content (AvgIpc) is 1.69. The number of rotatable bonds is 3. The predicted molar refractivity (Wildman–Crippen MR) is 41.6 cm³/mol. The average molecular weight is 154 g/mol. The Balaban J connectivity index is 3.35. The second-order valence-corrected chi connectivity index (χ2v) is 4.51. The molecule has 0 N–H and O–H groups in total. The predicted octanol–water partition coefficient (Wildman–Crippen LogP) is 2.51. The summed E-state index contributed by atoms with van der Waals surface area (Å²) in [4.78, 5) is 0. The van der Waals surface area contributed by atoms with Crippen LogP contribution in [0.1, 0.15) is 13.8 Å². The molecule has 0 aliphatic heterocycles. The van der Waals surface area contributed by atoms with E-state index in [4.69, 9.17) is 11.2 Å². The Hall–Kier alpha value is 0.680. The quantitative estimate of drug-likeness (QED) is 0.564. The first kappa shape index (κ1) is 8.68. The highest BCUT2D eigenvalue weighted by atomic mass is 35.7. The zero-order valence-corrected chi connectivity index (χ0v) is 7.34. The molecule has 0 aromatic carbocycles. The van der Waals surface area contributed by atoms with Gasteiger partial charge in [-0.3, -0.25) is 4.67 Å². The fraction of sp³-hybridized carbons (Fsp3) is 1.00. The van der Waals surface area contributed by atoms with Crippen LogP contribution in [0.3, 0.4) is 0 Å². The Morgan fingerprint density at radius 1 is 1.38 bits per heavy atom. The van der Waals surface area contributed by atoms with Crippen molar-refractivity contribution in [3.05, 3.63) is 0 Å². The highest BCUT2D eigenvalue weighted by molar-refractivity contribution is 7.81. The molecule has 0 fully saturated rings. The first-order valence-electron chi connectivity index (χ1n) is 2.86. The van der Waals surface area contributed by atoms with Crippen molar-refractivity contribution in [3.8, 4) is 0 Å². The third-order valence-electron chi connectivity index (χ3n) is 1.12. The Kier molecular flexibility index (Phi) is 4.94. The van der Waals surface area contributed by atoms with Crippen molar-refractivity contribution in [3.63, 3.8) is 0 Å². The lowest BCUT2D eigenvalue weighted by Gasteiger charge is -2.19. The van der Waals surface area contributed by atoms with Crippen LogP contribution in [0.5, 0.6) is 0 Å². The third-order valence-corrected chi connectivity index (χ3v) is 3.11. The van der Waals surface area contributed by atoms with Crippen molar-refractivity contribution in [1.82, 2.24) is 4.67 Å². The van der Waals surface area contributed by atoms with Crippen LogP contribution in [-0.2, 0) is 0 Å². The molecule has 1 atom stereocenters. The summed E-state index contributed by atoms with van der Waals surface area (Å²) in [6, 6.07) is 0. The summed E-state index contributed by atoms with van der Waals surface area (Å²) in [5, 5.41) is 0. The smallest absolute Gasteiger partial charge is 0.0593 e. The van der Waals surface area contributed by atoms with E-state index in [-0.39, 0.29) is 7.43 Å². The summed E-state index contributed by atoms with van der Waals surface area (Å²) in [6.45, 7) is 8.46. The summed E-state index contributed by atoms with van der Waals surface area (Å²) in [7, 11) is -0.359. The molecule has 0 saturated carbocycles. The van der Waals surface area contributed by atoms with Gasteiger partial charge in [-0.15, -0.1) is 0 Å². The van der Waals surface area contributed by atoms with Gasteiger partial charge in [-0.1, -0.05) is 25.1 Å². The SMILES string of the molecule is CCN(CC)P(C)Cl. The summed E-state index contributed by atoms with van der Waals surface area (Å²) in [5.74, 6) is 0. The van der Waals surface area contributed by atoms with E-state index in [2.05, 4.69) is 25.2 Å². The second kappa shape index (κ2) is 4.55. The minimum atomic E-state index is -0.359. The maximum Gasteiger partial charge on any atom is 0.0593 e. The van der Waals surface area contributed by atoms with Gasteiger partial charge in [0.25, 0.3) is 0 Å². The molecule has 50 valence electrons. The van der Waals surface area contributed by atoms with Crippen LogP contribution in [0.25, 0.3) is 0 Å². The minimum Gasteiger partial charge on any atom is -0.270 e. The first-order chi connectivity index (χ1) is 3.72. The Morgan fingerprint density at radius 2 is 1.75 bits per heavy atom. The van der Waals surface area contributed by atoms with Gasteiger partial charge in [0.1, 0.15) is 0 Å². The van der Waals surface area contributed by atoms with Crippen molar-refractivity contribution in [2.45, 2.75) is 13.8 Å². The largest absolute Gasteiger partial charge is 0.270 e. The van der Waals surface area contributed by atoms with Gasteiger partial charge in [-0.25, -0.2) is 0 Å². The molecule has 1 nitrogen and oxygen atoms in total. The monoisotopic (exact) mass is 153 g/mol. The number of halogens is 1. The first-order valence-corrected chi connectivity index (χ1v) is 5.51. The fourth-order valence-corrected chi connectivity index (χ4v) is 2.03. The summed E-state index contributed by atoms with van der Waals surface area (Å²) in [6.07, 6.45) is 0. The highest BCUT2D eigenvalue weighted by Gasteiger charge is 2.03. The van der Waals surface area contributed by atoms with Crippen molar-refractivity contribution < 1.29 is 0 Å². The Bertz CT molecular complexity index is 54.4. The van der Waals surface area contributed by atoms with Crippen LogP contribution >= 0.6 is 18.7 Å². The molecule has 0 heterocycles. The fourth-order valence-electron chi connectivity index (χ4n) is 0.613. The van der Waals surface area contributed by atoms with E-state index >= 15 is 0 Å². The molecular formula is C5H13ClNP. The number of hydrogen-bond acceptors (Lipinski definition) is 1. The zero-order chi connectivity index (χ0) is 6.57. The molecule has 1 unspecified atom stereocenters. The lowest BCUT2D eigenvalue weighted by molar-refractivity contribution is 0.515. The van der Waals surface area contributed by atoms with Gasteiger partial charge >= 0.3 is 0 Å². The Labute approximate surface area is 57.6 Å². The topological polar surface area (TPSA) is 3.24 Å². The van der Waals surface area contributed by atoms with E-state index in [9.17, 15) is 0 Å². The van der Waals surface area contributed by atoms with Gasteiger partial charge in [0.15, 0.2) is 0 Å². The highest BCUT2D eigenvalue weighted by Crippen LogP contribution is 2.40. The van der Waals surface area contributed by atoms with Crippen molar-refractivity contribution in [2.75, 3.05) is 19.8 Å². The summed E-state index contributed by atoms with van der Waals surface area (Å²) in [5.41, 5.74) is 0. The molecule has 0 aromatic rings.